The molecule has 1 fully saturated rings. The second kappa shape index (κ2) is 8.03. The molecule has 3 rings (SSSR count). The minimum atomic E-state index is -0.125. The van der Waals surface area contributed by atoms with Gasteiger partial charge < -0.3 is 15.5 Å². The van der Waals surface area contributed by atoms with Crippen molar-refractivity contribution in [3.05, 3.63) is 59.6 Å². The second-order valence-corrected chi connectivity index (χ2v) is 6.49. The van der Waals surface area contributed by atoms with Crippen molar-refractivity contribution in [2.45, 2.75) is 12.8 Å². The van der Waals surface area contributed by atoms with Gasteiger partial charge in [-0.1, -0.05) is 35.9 Å². The zero-order chi connectivity index (χ0) is 17.6. The molecule has 0 atom stereocenters. The minimum Gasteiger partial charge on any atom is -0.326 e. The fraction of sp³-hybridized carbons (Fsp3) is 0.263. The lowest BCUT2D eigenvalue weighted by atomic mass is 9.96. The van der Waals surface area contributed by atoms with E-state index in [2.05, 4.69) is 10.6 Å². The summed E-state index contributed by atoms with van der Waals surface area (Å²) in [6.07, 6.45) is 1.29. The van der Waals surface area contributed by atoms with Gasteiger partial charge >= 0.3 is 6.03 Å². The van der Waals surface area contributed by atoms with Crippen molar-refractivity contribution in [3.8, 4) is 0 Å². The van der Waals surface area contributed by atoms with Gasteiger partial charge in [0, 0.05) is 35.4 Å². The molecule has 1 aliphatic heterocycles. The van der Waals surface area contributed by atoms with E-state index in [-0.39, 0.29) is 17.9 Å². The van der Waals surface area contributed by atoms with E-state index in [0.717, 1.165) is 5.69 Å². The SMILES string of the molecule is O=C(Nc1cccc(Cl)c1)C1CCN(C(=O)Nc2ccccc2)CC1. The lowest BCUT2D eigenvalue weighted by Gasteiger charge is -2.31. The number of anilines is 2. The fourth-order valence-corrected chi connectivity index (χ4v) is 3.07. The molecule has 1 saturated heterocycles. The number of nitrogens with one attached hydrogen (secondary N) is 2. The highest BCUT2D eigenvalue weighted by atomic mass is 35.5. The Kier molecular flexibility index (Phi) is 5.56. The number of halogens is 1. The molecule has 2 aromatic carbocycles. The van der Waals surface area contributed by atoms with Crippen LogP contribution >= 0.6 is 11.6 Å². The second-order valence-electron chi connectivity index (χ2n) is 6.06. The summed E-state index contributed by atoms with van der Waals surface area (Å²) in [5, 5.41) is 6.36. The predicted octanol–water partition coefficient (Wildman–Crippen LogP) is 4.22. The third kappa shape index (κ3) is 4.73. The maximum absolute atomic E-state index is 12.4. The van der Waals surface area contributed by atoms with Gasteiger partial charge in [-0.25, -0.2) is 4.79 Å². The van der Waals surface area contributed by atoms with Gasteiger partial charge in [0.2, 0.25) is 5.91 Å². The molecule has 3 amide bonds. The van der Waals surface area contributed by atoms with E-state index in [9.17, 15) is 9.59 Å². The van der Waals surface area contributed by atoms with Crippen molar-refractivity contribution in [3.63, 3.8) is 0 Å². The van der Waals surface area contributed by atoms with Gasteiger partial charge in [0.05, 0.1) is 0 Å². The Balaban J connectivity index is 1.49. The first-order chi connectivity index (χ1) is 12.1. The predicted molar refractivity (Wildman–Crippen MR) is 99.8 cm³/mol. The molecular formula is C19H20ClN3O2. The van der Waals surface area contributed by atoms with E-state index in [4.69, 9.17) is 11.6 Å². The van der Waals surface area contributed by atoms with Gasteiger partial charge in [0.1, 0.15) is 0 Å². The number of likely N-dealkylation sites (tertiary alicyclic amines) is 1. The number of nitrogens with zero attached hydrogens (tertiary/aromatic N) is 1. The molecule has 25 heavy (non-hydrogen) atoms. The highest BCUT2D eigenvalue weighted by Crippen LogP contribution is 2.21. The van der Waals surface area contributed by atoms with Crippen molar-refractivity contribution in [2.24, 2.45) is 5.92 Å². The molecule has 0 saturated carbocycles. The average molecular weight is 358 g/mol. The van der Waals surface area contributed by atoms with Crippen LogP contribution in [0.5, 0.6) is 0 Å². The lowest BCUT2D eigenvalue weighted by molar-refractivity contribution is -0.121. The Labute approximate surface area is 152 Å². The highest BCUT2D eigenvalue weighted by Gasteiger charge is 2.27. The standard InChI is InChI=1S/C19H20ClN3O2/c20-15-5-4-8-17(13-15)21-18(24)14-9-11-23(12-10-14)19(25)22-16-6-2-1-3-7-16/h1-8,13-14H,9-12H2,(H,21,24)(H,22,25). The molecule has 1 heterocycles. The molecule has 0 radical (unpaired) electrons. The summed E-state index contributed by atoms with van der Waals surface area (Å²) in [4.78, 5) is 26.4. The van der Waals surface area contributed by atoms with E-state index in [0.29, 0.717) is 36.6 Å². The molecule has 2 N–H and O–H groups in total. The van der Waals surface area contributed by atoms with Gasteiger partial charge in [0.25, 0.3) is 0 Å². The van der Waals surface area contributed by atoms with Crippen molar-refractivity contribution >= 4 is 34.9 Å². The molecular weight excluding hydrogens is 338 g/mol. The van der Waals surface area contributed by atoms with Gasteiger partial charge in [0.15, 0.2) is 0 Å². The lowest BCUT2D eigenvalue weighted by Crippen LogP contribution is -2.43. The van der Waals surface area contributed by atoms with Crippen LogP contribution in [-0.4, -0.2) is 29.9 Å². The normalized spacial score (nSPS) is 14.8. The fourth-order valence-electron chi connectivity index (χ4n) is 2.88. The number of amides is 3. The first-order valence-electron chi connectivity index (χ1n) is 8.29. The number of carbonyl (C=O) groups excluding carboxylic acids is 2. The molecule has 0 aromatic heterocycles. The Bertz CT molecular complexity index is 743. The summed E-state index contributed by atoms with van der Waals surface area (Å²) in [5.41, 5.74) is 1.47. The van der Waals surface area contributed by atoms with Gasteiger partial charge in [-0.3, -0.25) is 4.79 Å². The number of hydrogen-bond acceptors (Lipinski definition) is 2. The Morgan fingerprint density at radius 1 is 0.920 bits per heavy atom. The van der Waals surface area contributed by atoms with Gasteiger partial charge in [-0.2, -0.15) is 0 Å². The Hall–Kier alpha value is -2.53. The number of para-hydroxylation sites is 1. The summed E-state index contributed by atoms with van der Waals surface area (Å²) >= 11 is 5.93. The molecule has 0 unspecified atom stereocenters. The molecule has 130 valence electrons. The van der Waals surface area contributed by atoms with Crippen LogP contribution in [0, 0.1) is 5.92 Å². The van der Waals surface area contributed by atoms with Crippen molar-refractivity contribution in [2.75, 3.05) is 23.7 Å². The molecule has 6 heteroatoms. The molecule has 1 aliphatic rings. The van der Waals surface area contributed by atoms with E-state index in [1.54, 1.807) is 23.1 Å². The topological polar surface area (TPSA) is 61.4 Å². The monoisotopic (exact) mass is 357 g/mol. The Morgan fingerprint density at radius 3 is 2.28 bits per heavy atom. The summed E-state index contributed by atoms with van der Waals surface area (Å²) in [5.74, 6) is -0.120. The van der Waals surface area contributed by atoms with Crippen LogP contribution < -0.4 is 10.6 Å². The van der Waals surface area contributed by atoms with Crippen molar-refractivity contribution < 1.29 is 9.59 Å². The molecule has 0 aliphatic carbocycles. The van der Waals surface area contributed by atoms with Crippen LogP contribution in [0.15, 0.2) is 54.6 Å². The first kappa shape index (κ1) is 17.3. The van der Waals surface area contributed by atoms with Crippen molar-refractivity contribution in [1.29, 1.82) is 0 Å². The average Bonchev–Trinajstić information content (AvgIpc) is 2.62. The van der Waals surface area contributed by atoms with E-state index in [1.807, 2.05) is 36.4 Å². The van der Waals surface area contributed by atoms with Crippen molar-refractivity contribution in [1.82, 2.24) is 4.90 Å². The number of rotatable bonds is 3. The van der Waals surface area contributed by atoms with Crippen LogP contribution in [0.25, 0.3) is 0 Å². The van der Waals surface area contributed by atoms with Crippen LogP contribution in [0.4, 0.5) is 16.2 Å². The highest BCUT2D eigenvalue weighted by molar-refractivity contribution is 6.30. The van der Waals surface area contributed by atoms with Crippen LogP contribution in [-0.2, 0) is 4.79 Å². The van der Waals surface area contributed by atoms with Crippen LogP contribution in [0.1, 0.15) is 12.8 Å². The molecule has 5 nitrogen and oxygen atoms in total. The molecule has 0 spiro atoms. The summed E-state index contributed by atoms with van der Waals surface area (Å²) in [6.45, 7) is 1.12. The van der Waals surface area contributed by atoms with Gasteiger partial charge in [-0.15, -0.1) is 0 Å². The largest absolute Gasteiger partial charge is 0.326 e. The number of benzene rings is 2. The van der Waals surface area contributed by atoms with Crippen LogP contribution in [0.3, 0.4) is 0 Å². The Morgan fingerprint density at radius 2 is 1.60 bits per heavy atom. The third-order valence-electron chi connectivity index (χ3n) is 4.27. The smallest absolute Gasteiger partial charge is 0.321 e. The zero-order valence-corrected chi connectivity index (χ0v) is 14.5. The maximum atomic E-state index is 12.4. The number of carbonyl (C=O) groups is 2. The van der Waals surface area contributed by atoms with Gasteiger partial charge in [-0.05, 0) is 43.2 Å². The summed E-state index contributed by atoms with van der Waals surface area (Å²) in [6, 6.07) is 16.3. The quantitative estimate of drug-likeness (QED) is 0.863. The minimum absolute atomic E-state index is 0.0228. The first-order valence-corrected chi connectivity index (χ1v) is 8.67. The van der Waals surface area contributed by atoms with E-state index < -0.39 is 0 Å². The molecule has 2 aromatic rings. The maximum Gasteiger partial charge on any atom is 0.321 e. The molecule has 0 bridgehead atoms. The summed E-state index contributed by atoms with van der Waals surface area (Å²) in [7, 11) is 0. The number of piperidine rings is 1. The van der Waals surface area contributed by atoms with E-state index in [1.165, 1.54) is 0 Å². The third-order valence-corrected chi connectivity index (χ3v) is 4.51. The zero-order valence-electron chi connectivity index (χ0n) is 13.7. The van der Waals surface area contributed by atoms with E-state index >= 15 is 0 Å². The number of hydrogen-bond donors (Lipinski definition) is 2. The summed E-state index contributed by atoms with van der Waals surface area (Å²) < 4.78 is 0. The van der Waals surface area contributed by atoms with Crippen LogP contribution in [0.2, 0.25) is 5.02 Å². The number of urea groups is 1.